The average Bonchev–Trinajstić information content (AvgIpc) is 3.20. The summed E-state index contributed by atoms with van der Waals surface area (Å²) in [7, 11) is -4.43. The van der Waals surface area contributed by atoms with Crippen molar-refractivity contribution in [3.05, 3.63) is 85.1 Å². The minimum atomic E-state index is -4.43. The predicted molar refractivity (Wildman–Crippen MR) is 238 cm³/mol. The van der Waals surface area contributed by atoms with E-state index in [0.717, 1.165) is 96.3 Å². The first kappa shape index (κ1) is 54.2. The molecule has 326 valence electrons. The molecule has 0 saturated heterocycles. The number of esters is 1. The van der Waals surface area contributed by atoms with Gasteiger partial charge in [0.25, 0.3) is 0 Å². The van der Waals surface area contributed by atoms with E-state index in [-0.39, 0.29) is 32.1 Å². The van der Waals surface area contributed by atoms with Crippen molar-refractivity contribution in [1.82, 2.24) is 5.32 Å². The van der Waals surface area contributed by atoms with Gasteiger partial charge in [-0.15, -0.1) is 0 Å². The molecule has 1 amide bonds. The fourth-order valence-corrected chi connectivity index (χ4v) is 6.25. The molecule has 0 saturated carbocycles. The van der Waals surface area contributed by atoms with Crippen molar-refractivity contribution in [1.29, 1.82) is 0 Å². The quantitative estimate of drug-likeness (QED) is 0.0241. The van der Waals surface area contributed by atoms with Gasteiger partial charge in [0, 0.05) is 19.4 Å². The second-order valence-corrected chi connectivity index (χ2v) is 15.7. The molecule has 0 aliphatic heterocycles. The molecule has 0 aromatic heterocycles. The molecule has 3 N–H and O–H groups in total. The summed E-state index contributed by atoms with van der Waals surface area (Å²) >= 11 is 0. The number of aliphatic hydroxyl groups excluding tert-OH is 1. The van der Waals surface area contributed by atoms with Crippen LogP contribution >= 0.6 is 7.82 Å². The van der Waals surface area contributed by atoms with Crippen molar-refractivity contribution in [2.45, 2.75) is 174 Å². The van der Waals surface area contributed by atoms with Crippen LogP contribution in [0.1, 0.15) is 168 Å². The van der Waals surface area contributed by atoms with Gasteiger partial charge in [-0.1, -0.05) is 150 Å². The maximum atomic E-state index is 12.1. The summed E-state index contributed by atoms with van der Waals surface area (Å²) in [4.78, 5) is 33.9. The second-order valence-electron chi connectivity index (χ2n) is 14.3. The molecule has 0 radical (unpaired) electrons. The fraction of sp³-hybridized carbons (Fsp3) is 0.660. The third-order valence-corrected chi connectivity index (χ3v) is 9.79. The molecule has 0 aromatic carbocycles. The number of carbonyl (C=O) groups excluding carboxylic acids is 2. The Balaban J connectivity index is 3.69. The highest BCUT2D eigenvalue weighted by Crippen LogP contribution is 2.42. The zero-order valence-electron chi connectivity index (χ0n) is 35.8. The Morgan fingerprint density at radius 2 is 1.00 bits per heavy atom. The lowest BCUT2D eigenvalue weighted by molar-refractivity contribution is -0.147. The van der Waals surface area contributed by atoms with Crippen molar-refractivity contribution in [2.75, 3.05) is 26.4 Å². The van der Waals surface area contributed by atoms with Gasteiger partial charge < -0.3 is 20.1 Å². The smallest absolute Gasteiger partial charge is 0.463 e. The van der Waals surface area contributed by atoms with E-state index in [9.17, 15) is 24.2 Å². The summed E-state index contributed by atoms with van der Waals surface area (Å²) in [5.74, 6) is -0.558. The Bertz CT molecular complexity index is 1210. The van der Waals surface area contributed by atoms with Crippen LogP contribution in [-0.2, 0) is 27.9 Å². The number of amides is 1. The second kappa shape index (κ2) is 42.8. The normalized spacial score (nSPS) is 14.1. The van der Waals surface area contributed by atoms with Crippen molar-refractivity contribution >= 4 is 19.7 Å². The first-order valence-electron chi connectivity index (χ1n) is 22.1. The van der Waals surface area contributed by atoms with Crippen LogP contribution in [0.3, 0.4) is 0 Å². The van der Waals surface area contributed by atoms with E-state index in [1.165, 1.54) is 38.5 Å². The number of nitrogens with one attached hydrogen (secondary N) is 1. The average molecular weight is 818 g/mol. The van der Waals surface area contributed by atoms with Gasteiger partial charge in [-0.25, -0.2) is 4.57 Å². The molecule has 57 heavy (non-hydrogen) atoms. The number of ether oxygens (including phenoxy) is 1. The molecule has 0 aliphatic rings. The van der Waals surface area contributed by atoms with Crippen molar-refractivity contribution in [2.24, 2.45) is 0 Å². The van der Waals surface area contributed by atoms with Crippen LogP contribution < -0.4 is 5.32 Å². The highest BCUT2D eigenvalue weighted by molar-refractivity contribution is 7.47. The molecular formula is C47H80NO8P. The van der Waals surface area contributed by atoms with Crippen molar-refractivity contribution in [3.8, 4) is 0 Å². The van der Waals surface area contributed by atoms with E-state index in [1.807, 2.05) is 0 Å². The van der Waals surface area contributed by atoms with E-state index in [0.29, 0.717) is 12.8 Å². The molecule has 0 aromatic rings. The molecule has 0 aliphatic carbocycles. The molecule has 2 atom stereocenters. The van der Waals surface area contributed by atoms with E-state index in [4.69, 9.17) is 13.8 Å². The SMILES string of the molecule is CC/C=C\C/C=C\C/C=C\C/C=C\C/C=C\C/C=C\CCCCCCC(=O)OCC(O)COP(=O)(O)OCCNC(=O)CCCCCCC/C=C\CCCCCC. The summed E-state index contributed by atoms with van der Waals surface area (Å²) in [6, 6.07) is 0. The number of hydrogen-bond donors (Lipinski definition) is 3. The highest BCUT2D eigenvalue weighted by Gasteiger charge is 2.23. The van der Waals surface area contributed by atoms with Crippen molar-refractivity contribution < 1.29 is 37.9 Å². The van der Waals surface area contributed by atoms with E-state index in [1.54, 1.807) is 0 Å². The van der Waals surface area contributed by atoms with Crippen LogP contribution in [0.2, 0.25) is 0 Å². The van der Waals surface area contributed by atoms with Gasteiger partial charge in [-0.3, -0.25) is 18.6 Å². The van der Waals surface area contributed by atoms with Crippen LogP contribution in [0, 0.1) is 0 Å². The van der Waals surface area contributed by atoms with Gasteiger partial charge in [0.05, 0.1) is 13.2 Å². The number of phosphoric ester groups is 1. The van der Waals surface area contributed by atoms with Gasteiger partial charge in [-0.2, -0.15) is 0 Å². The lowest BCUT2D eigenvalue weighted by atomic mass is 10.1. The first-order chi connectivity index (χ1) is 27.8. The maximum Gasteiger partial charge on any atom is 0.472 e. The largest absolute Gasteiger partial charge is 0.472 e. The Morgan fingerprint density at radius 1 is 0.561 bits per heavy atom. The topological polar surface area (TPSA) is 131 Å². The van der Waals surface area contributed by atoms with Gasteiger partial charge >= 0.3 is 13.8 Å². The zero-order valence-corrected chi connectivity index (χ0v) is 36.6. The highest BCUT2D eigenvalue weighted by atomic mass is 31.2. The molecular weight excluding hydrogens is 737 g/mol. The van der Waals surface area contributed by atoms with Crippen LogP contribution in [0.4, 0.5) is 0 Å². The number of unbranched alkanes of at least 4 members (excludes halogenated alkanes) is 13. The molecule has 9 nitrogen and oxygen atoms in total. The van der Waals surface area contributed by atoms with Crippen LogP contribution in [-0.4, -0.2) is 54.3 Å². The molecule has 0 rings (SSSR count). The van der Waals surface area contributed by atoms with E-state index in [2.05, 4.69) is 104 Å². The van der Waals surface area contributed by atoms with Crippen LogP contribution in [0.25, 0.3) is 0 Å². The van der Waals surface area contributed by atoms with Gasteiger partial charge in [-0.05, 0) is 89.9 Å². The monoisotopic (exact) mass is 818 g/mol. The number of allylic oxidation sites excluding steroid dienone is 14. The van der Waals surface area contributed by atoms with Gasteiger partial charge in [0.1, 0.15) is 12.7 Å². The Morgan fingerprint density at radius 3 is 1.53 bits per heavy atom. The first-order valence-corrected chi connectivity index (χ1v) is 23.6. The summed E-state index contributed by atoms with van der Waals surface area (Å²) in [6.07, 6.45) is 53.7. The third-order valence-electron chi connectivity index (χ3n) is 8.81. The summed E-state index contributed by atoms with van der Waals surface area (Å²) < 4.78 is 26.8. The molecule has 0 heterocycles. The number of hydrogen-bond acceptors (Lipinski definition) is 7. The van der Waals surface area contributed by atoms with E-state index >= 15 is 0 Å². The number of carbonyl (C=O) groups is 2. The van der Waals surface area contributed by atoms with E-state index < -0.39 is 26.5 Å². The molecule has 0 fully saturated rings. The Hall–Kier alpha value is -2.81. The minimum absolute atomic E-state index is 0.0696. The lowest BCUT2D eigenvalue weighted by Crippen LogP contribution is -2.27. The summed E-state index contributed by atoms with van der Waals surface area (Å²) in [5.41, 5.74) is 0. The Labute approximate surface area is 347 Å². The number of phosphoric acid groups is 1. The summed E-state index contributed by atoms with van der Waals surface area (Å²) in [5, 5.41) is 12.7. The Kier molecular flexibility index (Phi) is 40.7. The standard InChI is InChI=1S/C47H80NO8P/c1-3-5-7-9-11-13-15-17-18-19-20-21-22-23-24-25-26-28-30-32-34-36-38-40-47(51)54-43-45(49)44-56-57(52,53)55-42-41-48-46(50)39-37-35-33-31-29-27-16-14-12-10-8-6-4-2/h5,7,11,13-14,16-18,20-21,23-24,26,28,45,49H,3-4,6,8-10,12,15,19,22,25,27,29-44H2,1-2H3,(H,48,50)(H,52,53)/b7-5-,13-11-,16-14-,18-17-,21-20-,24-23-,28-26-. The number of rotatable bonds is 40. The molecule has 0 bridgehead atoms. The third kappa shape index (κ3) is 44.1. The lowest BCUT2D eigenvalue weighted by Gasteiger charge is -2.15. The van der Waals surface area contributed by atoms with Gasteiger partial charge in [0.2, 0.25) is 5.91 Å². The van der Waals surface area contributed by atoms with Crippen molar-refractivity contribution in [3.63, 3.8) is 0 Å². The molecule has 2 unspecified atom stereocenters. The zero-order chi connectivity index (χ0) is 41.8. The van der Waals surface area contributed by atoms with Crippen LogP contribution in [0.5, 0.6) is 0 Å². The molecule has 10 heteroatoms. The molecule has 0 spiro atoms. The maximum absolute atomic E-state index is 12.1. The predicted octanol–water partition coefficient (Wildman–Crippen LogP) is 12.4. The van der Waals surface area contributed by atoms with Gasteiger partial charge in [0.15, 0.2) is 0 Å². The summed E-state index contributed by atoms with van der Waals surface area (Å²) in [6.45, 7) is 3.36. The van der Waals surface area contributed by atoms with Crippen LogP contribution in [0.15, 0.2) is 85.1 Å². The minimum Gasteiger partial charge on any atom is -0.463 e. The fourth-order valence-electron chi connectivity index (χ4n) is 5.49. The number of aliphatic hydroxyl groups is 1.